The van der Waals surface area contributed by atoms with Crippen LogP contribution in [0.25, 0.3) is 0 Å². The third-order valence-corrected chi connectivity index (χ3v) is 5.05. The molecule has 2 unspecified atom stereocenters. The highest BCUT2D eigenvalue weighted by Gasteiger charge is 2.31. The third-order valence-electron chi connectivity index (χ3n) is 3.94. The molecule has 3 rings (SSSR count). The van der Waals surface area contributed by atoms with E-state index in [0.717, 1.165) is 23.9 Å². The quantitative estimate of drug-likeness (QED) is 0.812. The number of nitrogens with zero attached hydrogens (tertiary/aromatic N) is 1. The Morgan fingerprint density at radius 2 is 2.28 bits per heavy atom. The largest absolute Gasteiger partial charge is 0.362 e. The maximum absolute atomic E-state index is 11.5. The first-order chi connectivity index (χ1) is 8.81. The minimum atomic E-state index is 0.154. The summed E-state index contributed by atoms with van der Waals surface area (Å²) in [5.41, 5.74) is 0. The summed E-state index contributed by atoms with van der Waals surface area (Å²) in [5, 5.41) is 7.57. The summed E-state index contributed by atoms with van der Waals surface area (Å²) in [6.07, 6.45) is 6.83. The number of amides is 1. The van der Waals surface area contributed by atoms with Gasteiger partial charge in [0.2, 0.25) is 5.91 Å². The summed E-state index contributed by atoms with van der Waals surface area (Å²) in [4.78, 5) is 16.0. The van der Waals surface area contributed by atoms with E-state index in [1.807, 2.05) is 11.8 Å². The second kappa shape index (κ2) is 5.51. The van der Waals surface area contributed by atoms with Gasteiger partial charge in [-0.1, -0.05) is 18.2 Å². The van der Waals surface area contributed by atoms with Gasteiger partial charge in [0.1, 0.15) is 0 Å². The van der Waals surface area contributed by atoms with Crippen LogP contribution in [0.5, 0.6) is 0 Å². The van der Waals surface area contributed by atoms with Gasteiger partial charge in [-0.25, -0.2) is 0 Å². The molecule has 1 heterocycles. The molecule has 2 aliphatic carbocycles. The van der Waals surface area contributed by atoms with Crippen LogP contribution in [-0.4, -0.2) is 35.5 Å². The minimum Gasteiger partial charge on any atom is -0.362 e. The van der Waals surface area contributed by atoms with Gasteiger partial charge >= 0.3 is 0 Å². The number of thioether (sulfide) groups is 1. The first-order valence-electron chi connectivity index (χ1n) is 7.04. The highest BCUT2D eigenvalue weighted by molar-refractivity contribution is 8.13. The number of fused-ring (bicyclic) bond motifs is 1. The lowest BCUT2D eigenvalue weighted by Gasteiger charge is -2.28. The van der Waals surface area contributed by atoms with Gasteiger partial charge in [0.15, 0.2) is 5.17 Å². The molecule has 100 valence electrons. The lowest BCUT2D eigenvalue weighted by Crippen LogP contribution is -2.41. The van der Waals surface area contributed by atoms with Crippen molar-refractivity contribution in [2.45, 2.75) is 50.6 Å². The van der Waals surface area contributed by atoms with Gasteiger partial charge in [0.05, 0.1) is 6.54 Å². The smallest absolute Gasteiger partial charge is 0.222 e. The van der Waals surface area contributed by atoms with E-state index in [-0.39, 0.29) is 5.91 Å². The van der Waals surface area contributed by atoms with Gasteiger partial charge < -0.3 is 10.6 Å². The monoisotopic (exact) mass is 267 g/mol. The molecule has 1 saturated heterocycles. The van der Waals surface area contributed by atoms with E-state index in [4.69, 9.17) is 0 Å². The molecule has 18 heavy (non-hydrogen) atoms. The summed E-state index contributed by atoms with van der Waals surface area (Å²) < 4.78 is 0. The molecule has 1 aliphatic heterocycles. The Hall–Kier alpha value is -0.710. The van der Waals surface area contributed by atoms with Crippen molar-refractivity contribution in [2.75, 3.05) is 12.3 Å². The number of nitrogens with one attached hydrogen (secondary N) is 2. The van der Waals surface area contributed by atoms with Crippen molar-refractivity contribution in [3.63, 3.8) is 0 Å². The van der Waals surface area contributed by atoms with Crippen LogP contribution in [0.2, 0.25) is 0 Å². The van der Waals surface area contributed by atoms with Crippen molar-refractivity contribution in [1.29, 1.82) is 0 Å². The number of aliphatic imine (C=N–C) groups is 1. The number of hydrogen-bond donors (Lipinski definition) is 2. The molecular weight excluding hydrogens is 246 g/mol. The van der Waals surface area contributed by atoms with Crippen LogP contribution < -0.4 is 10.6 Å². The van der Waals surface area contributed by atoms with Crippen molar-refractivity contribution >= 4 is 22.8 Å². The fourth-order valence-electron chi connectivity index (χ4n) is 2.69. The predicted molar refractivity (Wildman–Crippen MR) is 74.8 cm³/mol. The molecule has 4 nitrogen and oxygen atoms in total. The zero-order chi connectivity index (χ0) is 12.4. The van der Waals surface area contributed by atoms with Crippen LogP contribution in [0.3, 0.4) is 0 Å². The summed E-state index contributed by atoms with van der Waals surface area (Å²) in [6.45, 7) is 0.616. The molecule has 2 saturated carbocycles. The number of rotatable bonds is 4. The highest BCUT2D eigenvalue weighted by atomic mass is 32.2. The lowest BCUT2D eigenvalue weighted by atomic mass is 10.1. The number of carbonyl (C=O) groups is 1. The fourth-order valence-corrected chi connectivity index (χ4v) is 3.88. The average Bonchev–Trinajstić information content (AvgIpc) is 3.05. The second-order valence-electron chi connectivity index (χ2n) is 5.53. The Labute approximate surface area is 112 Å². The summed E-state index contributed by atoms with van der Waals surface area (Å²) >= 11 is 1.82. The van der Waals surface area contributed by atoms with E-state index >= 15 is 0 Å². The van der Waals surface area contributed by atoms with Crippen LogP contribution in [0.1, 0.15) is 38.5 Å². The van der Waals surface area contributed by atoms with E-state index in [0.29, 0.717) is 25.0 Å². The average molecular weight is 267 g/mol. The molecule has 0 spiro atoms. The summed E-state index contributed by atoms with van der Waals surface area (Å²) in [5.74, 6) is 2.19. The van der Waals surface area contributed by atoms with Crippen LogP contribution in [0.15, 0.2) is 4.99 Å². The molecule has 0 aromatic carbocycles. The lowest BCUT2D eigenvalue weighted by molar-refractivity contribution is -0.121. The van der Waals surface area contributed by atoms with E-state index < -0.39 is 0 Å². The van der Waals surface area contributed by atoms with E-state index in [2.05, 4.69) is 15.6 Å². The highest BCUT2D eigenvalue weighted by Crippen LogP contribution is 2.32. The zero-order valence-corrected chi connectivity index (χ0v) is 11.5. The molecule has 2 N–H and O–H groups in total. The van der Waals surface area contributed by atoms with Crippen LogP contribution >= 0.6 is 11.8 Å². The Balaban J connectivity index is 1.40. The number of hydrogen-bond acceptors (Lipinski definition) is 3. The van der Waals surface area contributed by atoms with Crippen molar-refractivity contribution in [2.24, 2.45) is 10.9 Å². The van der Waals surface area contributed by atoms with Crippen molar-refractivity contribution < 1.29 is 4.79 Å². The molecule has 0 aromatic heterocycles. The first-order valence-corrected chi connectivity index (χ1v) is 8.03. The van der Waals surface area contributed by atoms with Crippen molar-refractivity contribution in [1.82, 2.24) is 10.6 Å². The van der Waals surface area contributed by atoms with Crippen LogP contribution in [0, 0.1) is 5.92 Å². The van der Waals surface area contributed by atoms with Crippen LogP contribution in [0.4, 0.5) is 0 Å². The fraction of sp³-hybridized carbons (Fsp3) is 0.846. The molecule has 3 aliphatic rings. The van der Waals surface area contributed by atoms with Gasteiger partial charge in [-0.2, -0.15) is 0 Å². The predicted octanol–water partition coefficient (Wildman–Crippen LogP) is 1.52. The first kappa shape index (κ1) is 12.3. The number of amidine groups is 1. The molecule has 0 radical (unpaired) electrons. The standard InChI is InChI=1S/C13H21N3OS/c17-12(15-10-4-5-10)6-7-14-13-16-11-3-1-2-9(11)8-18-13/h9-11H,1-8H2,(H,14,16)(H,15,17). The SMILES string of the molecule is O=C(CCN=C1NC2CCCC2CS1)NC1CC1. The molecule has 0 bridgehead atoms. The molecule has 5 heteroatoms. The Morgan fingerprint density at radius 1 is 1.39 bits per heavy atom. The van der Waals surface area contributed by atoms with Gasteiger partial charge in [0.25, 0.3) is 0 Å². The Morgan fingerprint density at radius 3 is 3.11 bits per heavy atom. The van der Waals surface area contributed by atoms with Gasteiger partial charge in [-0.3, -0.25) is 9.79 Å². The molecule has 3 fully saturated rings. The normalized spacial score (nSPS) is 33.0. The van der Waals surface area contributed by atoms with Gasteiger partial charge in [-0.15, -0.1) is 0 Å². The minimum absolute atomic E-state index is 0.154. The Bertz CT molecular complexity index is 354. The molecule has 2 atom stereocenters. The zero-order valence-electron chi connectivity index (χ0n) is 10.7. The van der Waals surface area contributed by atoms with Crippen molar-refractivity contribution in [3.05, 3.63) is 0 Å². The van der Waals surface area contributed by atoms with Crippen LogP contribution in [-0.2, 0) is 4.79 Å². The summed E-state index contributed by atoms with van der Waals surface area (Å²) in [7, 11) is 0. The molecule has 0 aromatic rings. The van der Waals surface area contributed by atoms with E-state index in [1.54, 1.807) is 0 Å². The van der Waals surface area contributed by atoms with Gasteiger partial charge in [-0.05, 0) is 31.6 Å². The molecular formula is C13H21N3OS. The molecule has 1 amide bonds. The second-order valence-corrected chi connectivity index (χ2v) is 6.54. The Kier molecular flexibility index (Phi) is 3.77. The maximum Gasteiger partial charge on any atom is 0.222 e. The van der Waals surface area contributed by atoms with Gasteiger partial charge in [0, 0.05) is 24.3 Å². The number of carbonyl (C=O) groups excluding carboxylic acids is 1. The summed E-state index contributed by atoms with van der Waals surface area (Å²) in [6, 6.07) is 1.11. The van der Waals surface area contributed by atoms with E-state index in [9.17, 15) is 4.79 Å². The van der Waals surface area contributed by atoms with Crippen molar-refractivity contribution in [3.8, 4) is 0 Å². The maximum atomic E-state index is 11.5. The third kappa shape index (κ3) is 3.19. The van der Waals surface area contributed by atoms with E-state index in [1.165, 1.54) is 25.0 Å². The topological polar surface area (TPSA) is 53.5 Å².